The minimum absolute atomic E-state index is 0.0567. The van der Waals surface area contributed by atoms with E-state index >= 15 is 0 Å². The second-order valence-electron chi connectivity index (χ2n) is 12.9. The van der Waals surface area contributed by atoms with Crippen molar-refractivity contribution in [3.63, 3.8) is 0 Å². The first kappa shape index (κ1) is 35.5. The number of rotatable bonds is 10. The molecule has 1 saturated heterocycles. The third kappa shape index (κ3) is 8.51. The molecule has 0 spiro atoms. The Balaban J connectivity index is 1.18. The molecule has 1 fully saturated rings. The van der Waals surface area contributed by atoms with Crippen molar-refractivity contribution in [1.82, 2.24) is 29.7 Å². The monoisotopic (exact) mass is 814 g/mol. The van der Waals surface area contributed by atoms with Crippen LogP contribution in [0.15, 0.2) is 63.5 Å². The number of urea groups is 1. The highest BCUT2D eigenvalue weighted by molar-refractivity contribution is 9.11. The summed E-state index contributed by atoms with van der Waals surface area (Å²) in [5.74, 6) is 0.712. The number of carbonyl (C=O) groups is 2. The summed E-state index contributed by atoms with van der Waals surface area (Å²) < 4.78 is 3.66. The van der Waals surface area contributed by atoms with Crippen LogP contribution in [0.3, 0.4) is 0 Å². The Labute approximate surface area is 308 Å². The third-order valence-corrected chi connectivity index (χ3v) is 10.7. The number of para-hydroxylation sites is 1. The molecule has 4 aromatic rings. The van der Waals surface area contributed by atoms with Crippen LogP contribution in [0, 0.1) is 0 Å². The topological polar surface area (TPSA) is 121 Å². The molecule has 14 heteroatoms. The minimum atomic E-state index is -0.565. The van der Waals surface area contributed by atoms with Crippen LogP contribution < -0.4 is 16.4 Å². The van der Waals surface area contributed by atoms with E-state index in [0.717, 1.165) is 56.2 Å². The molecule has 0 aliphatic carbocycles. The summed E-state index contributed by atoms with van der Waals surface area (Å²) >= 11 is 13.6. The quantitative estimate of drug-likeness (QED) is 0.145. The maximum Gasteiger partial charge on any atom is 0.426 e. The van der Waals surface area contributed by atoms with Gasteiger partial charge >= 0.3 is 12.1 Å². The van der Waals surface area contributed by atoms with Gasteiger partial charge in [0.25, 0.3) is 0 Å². The summed E-state index contributed by atoms with van der Waals surface area (Å²) in [6, 6.07) is 16.9. The number of carbonyl (C=O) groups excluding carboxylic acids is 2. The number of amides is 3. The molecule has 0 unspecified atom stereocenters. The number of aryl methyl sites for hydroxylation is 1. The fourth-order valence-electron chi connectivity index (χ4n) is 6.63. The van der Waals surface area contributed by atoms with Gasteiger partial charge in [-0.25, -0.2) is 14.6 Å². The highest BCUT2D eigenvalue weighted by atomic mass is 79.9. The molecule has 2 aliphatic heterocycles. The fourth-order valence-corrected chi connectivity index (χ4v) is 8.07. The summed E-state index contributed by atoms with van der Waals surface area (Å²) in [6.07, 6.45) is 2.93. The van der Waals surface area contributed by atoms with Crippen molar-refractivity contribution in [3.8, 4) is 0 Å². The van der Waals surface area contributed by atoms with Crippen LogP contribution in [0.5, 0.6) is 0 Å². The molecule has 1 atom stereocenters. The van der Waals surface area contributed by atoms with Gasteiger partial charge in [0, 0.05) is 58.3 Å². The van der Waals surface area contributed by atoms with E-state index in [4.69, 9.17) is 27.2 Å². The number of aromatic nitrogens is 2. The molecular formula is C35H41Br2ClN8O3. The average molecular weight is 817 g/mol. The second-order valence-corrected chi connectivity index (χ2v) is 15.0. The summed E-state index contributed by atoms with van der Waals surface area (Å²) in [5.41, 5.74) is 11.5. The molecule has 0 saturated carbocycles. The predicted molar refractivity (Wildman–Crippen MR) is 201 cm³/mol. The normalized spacial score (nSPS) is 16.4. The smallest absolute Gasteiger partial charge is 0.397 e. The predicted octanol–water partition coefficient (Wildman–Crippen LogP) is 7.23. The number of piperidine rings is 1. The number of anilines is 2. The summed E-state index contributed by atoms with van der Waals surface area (Å²) in [4.78, 5) is 41.7. The van der Waals surface area contributed by atoms with Crippen LogP contribution in [0.1, 0.15) is 42.3 Å². The number of imidazole rings is 1. The minimum Gasteiger partial charge on any atom is -0.397 e. The summed E-state index contributed by atoms with van der Waals surface area (Å²) in [6.45, 7) is 3.25. The standard InChI is InChI=1S/C35H41Br2ClN8O3/c1-43(2)13-5-14-46-31-21-24(38)8-9-29(31)40-33(46)30(20-22-18-26(36)32(39)27(37)19-22)42-35(48)49-44-15-11-25(12-16-44)45-17-10-23-6-3-4-7-28(23)41-34(45)47/h3-4,6-9,18-19,21,25,30H,5,10-17,20,39H2,1-2H3,(H,41,47)(H,42,48)/t30-/m1/s1. The van der Waals surface area contributed by atoms with E-state index in [-0.39, 0.29) is 12.1 Å². The molecule has 0 bridgehead atoms. The molecule has 1 aromatic heterocycles. The van der Waals surface area contributed by atoms with E-state index < -0.39 is 12.1 Å². The number of fused-ring (bicyclic) bond motifs is 2. The molecule has 6 rings (SSSR count). The fraction of sp³-hybridized carbons (Fsp3) is 0.400. The van der Waals surface area contributed by atoms with Crippen LogP contribution in [0.2, 0.25) is 5.02 Å². The van der Waals surface area contributed by atoms with E-state index in [1.165, 1.54) is 0 Å². The Kier molecular flexibility index (Phi) is 11.3. The van der Waals surface area contributed by atoms with Crippen molar-refractivity contribution < 1.29 is 14.4 Å². The van der Waals surface area contributed by atoms with E-state index in [0.29, 0.717) is 62.0 Å². The van der Waals surface area contributed by atoms with E-state index in [1.54, 1.807) is 5.06 Å². The number of nitrogens with two attached hydrogens (primary N) is 1. The Morgan fingerprint density at radius 2 is 1.86 bits per heavy atom. The first-order valence-electron chi connectivity index (χ1n) is 16.5. The summed E-state index contributed by atoms with van der Waals surface area (Å²) in [5, 5.41) is 8.50. The lowest BCUT2D eigenvalue weighted by atomic mass is 10.0. The summed E-state index contributed by atoms with van der Waals surface area (Å²) in [7, 11) is 4.09. The van der Waals surface area contributed by atoms with Crippen molar-refractivity contribution in [2.75, 3.05) is 51.3 Å². The zero-order chi connectivity index (χ0) is 34.7. The van der Waals surface area contributed by atoms with Crippen molar-refractivity contribution >= 4 is 78.0 Å². The van der Waals surface area contributed by atoms with Gasteiger partial charge in [0.2, 0.25) is 0 Å². The first-order valence-corrected chi connectivity index (χ1v) is 18.4. The number of nitrogens with zero attached hydrogens (tertiary/aromatic N) is 5. The number of halogens is 3. The Bertz CT molecular complexity index is 1800. The van der Waals surface area contributed by atoms with Gasteiger partial charge in [-0.2, -0.15) is 0 Å². The highest BCUT2D eigenvalue weighted by Crippen LogP contribution is 2.33. The van der Waals surface area contributed by atoms with E-state index in [1.807, 2.05) is 67.5 Å². The van der Waals surface area contributed by atoms with Crippen LogP contribution in [0.25, 0.3) is 11.0 Å². The van der Waals surface area contributed by atoms with Gasteiger partial charge in [-0.05, 0) is 126 Å². The Morgan fingerprint density at radius 1 is 1.12 bits per heavy atom. The van der Waals surface area contributed by atoms with Crippen molar-refractivity contribution in [2.45, 2.75) is 50.7 Å². The zero-order valence-electron chi connectivity index (χ0n) is 27.6. The molecule has 49 heavy (non-hydrogen) atoms. The maximum atomic E-state index is 13.6. The highest BCUT2D eigenvalue weighted by Gasteiger charge is 2.32. The number of benzene rings is 3. The first-order chi connectivity index (χ1) is 23.5. The molecule has 260 valence electrons. The Hall–Kier alpha value is -3.36. The number of hydrogen-bond acceptors (Lipinski definition) is 7. The lowest BCUT2D eigenvalue weighted by molar-refractivity contribution is -0.120. The van der Waals surface area contributed by atoms with E-state index in [2.05, 4.69) is 58.0 Å². The van der Waals surface area contributed by atoms with Crippen LogP contribution in [0.4, 0.5) is 21.0 Å². The van der Waals surface area contributed by atoms with Gasteiger partial charge in [-0.3, -0.25) is 0 Å². The van der Waals surface area contributed by atoms with E-state index in [9.17, 15) is 9.59 Å². The van der Waals surface area contributed by atoms with Gasteiger partial charge in [0.15, 0.2) is 0 Å². The van der Waals surface area contributed by atoms with Gasteiger partial charge in [-0.15, -0.1) is 5.06 Å². The van der Waals surface area contributed by atoms with Crippen LogP contribution in [-0.4, -0.2) is 82.9 Å². The zero-order valence-corrected chi connectivity index (χ0v) is 31.5. The van der Waals surface area contributed by atoms with Gasteiger partial charge in [0.1, 0.15) is 5.82 Å². The average Bonchev–Trinajstić information content (AvgIpc) is 3.32. The molecule has 3 heterocycles. The molecule has 0 radical (unpaired) electrons. The van der Waals surface area contributed by atoms with Gasteiger partial charge < -0.3 is 35.6 Å². The van der Waals surface area contributed by atoms with Crippen LogP contribution >= 0.6 is 43.5 Å². The number of hydrogen-bond donors (Lipinski definition) is 3. The number of nitrogen functional groups attached to an aromatic ring is 1. The number of nitrogens with one attached hydrogen (secondary N) is 2. The molecular weight excluding hydrogens is 776 g/mol. The SMILES string of the molecule is CN(C)CCCn1c([C@@H](Cc2cc(Br)c(N)c(Br)c2)NC(=O)ON2CCC(N3CCc4ccccc4NC3=O)CC2)nc2ccc(Cl)cc21. The van der Waals surface area contributed by atoms with Gasteiger partial charge in [-0.1, -0.05) is 29.8 Å². The molecule has 4 N–H and O–H groups in total. The van der Waals surface area contributed by atoms with Gasteiger partial charge in [0.05, 0.1) is 22.8 Å². The number of hydroxylamine groups is 2. The van der Waals surface area contributed by atoms with Crippen molar-refractivity contribution in [1.29, 1.82) is 0 Å². The second kappa shape index (κ2) is 15.7. The van der Waals surface area contributed by atoms with Crippen molar-refractivity contribution in [3.05, 3.63) is 85.5 Å². The lowest BCUT2D eigenvalue weighted by Gasteiger charge is -2.37. The Morgan fingerprint density at radius 3 is 2.59 bits per heavy atom. The molecule has 11 nitrogen and oxygen atoms in total. The lowest BCUT2D eigenvalue weighted by Crippen LogP contribution is -2.49. The molecule has 3 aromatic carbocycles. The van der Waals surface area contributed by atoms with Crippen LogP contribution in [-0.2, 0) is 24.2 Å². The molecule has 2 aliphatic rings. The van der Waals surface area contributed by atoms with Crippen molar-refractivity contribution in [2.24, 2.45) is 0 Å². The third-order valence-electron chi connectivity index (χ3n) is 9.13. The largest absolute Gasteiger partial charge is 0.426 e. The maximum absolute atomic E-state index is 13.6. The molecule has 3 amide bonds.